The Balaban J connectivity index is 1.57. The number of ketones is 1. The number of rotatable bonds is 8. The van der Waals surface area contributed by atoms with E-state index < -0.39 is 0 Å². The predicted octanol–water partition coefficient (Wildman–Crippen LogP) is 5.47. The zero-order valence-corrected chi connectivity index (χ0v) is 19.9. The van der Waals surface area contributed by atoms with Gasteiger partial charge in [-0.1, -0.05) is 30.3 Å². The fraction of sp³-hybridized carbons (Fsp3) is 0.250. The van der Waals surface area contributed by atoms with Gasteiger partial charge in [-0.25, -0.2) is 4.98 Å². The molecule has 3 aromatic carbocycles. The highest BCUT2D eigenvalue weighted by molar-refractivity contribution is 5.86. The average molecular weight is 453 g/mol. The Morgan fingerprint density at radius 2 is 2.03 bits per heavy atom. The molecule has 0 aliphatic carbocycles. The summed E-state index contributed by atoms with van der Waals surface area (Å²) in [6.07, 6.45) is 3.61. The lowest BCUT2D eigenvalue weighted by Crippen LogP contribution is -2.34. The Labute approximate surface area is 200 Å². The van der Waals surface area contributed by atoms with Crippen molar-refractivity contribution in [3.8, 4) is 17.6 Å². The van der Waals surface area contributed by atoms with Crippen LogP contribution in [0.25, 0.3) is 10.8 Å². The van der Waals surface area contributed by atoms with Crippen molar-refractivity contribution in [3.63, 3.8) is 0 Å². The van der Waals surface area contributed by atoms with Gasteiger partial charge in [-0.15, -0.1) is 0 Å². The Kier molecular flexibility index (Phi) is 6.76. The summed E-state index contributed by atoms with van der Waals surface area (Å²) < 4.78 is 8.23. The van der Waals surface area contributed by atoms with Crippen LogP contribution in [-0.2, 0) is 17.9 Å². The molecule has 4 rings (SSSR count). The fourth-order valence-electron chi connectivity index (χ4n) is 3.96. The van der Waals surface area contributed by atoms with Gasteiger partial charge in [0.2, 0.25) is 0 Å². The van der Waals surface area contributed by atoms with Crippen molar-refractivity contribution in [1.29, 1.82) is 5.26 Å². The van der Waals surface area contributed by atoms with Gasteiger partial charge in [0.05, 0.1) is 23.6 Å². The maximum Gasteiger partial charge on any atom is 0.146 e. The van der Waals surface area contributed by atoms with E-state index in [9.17, 15) is 10.1 Å². The van der Waals surface area contributed by atoms with Gasteiger partial charge >= 0.3 is 0 Å². The summed E-state index contributed by atoms with van der Waals surface area (Å²) in [5, 5.41) is 11.9. The molecule has 0 radical (unpaired) electrons. The molecule has 1 heterocycles. The number of hydrogen-bond donors (Lipinski definition) is 0. The highest BCUT2D eigenvalue weighted by Gasteiger charge is 2.16. The maximum absolute atomic E-state index is 11.7. The monoisotopic (exact) mass is 452 g/mol. The fourth-order valence-corrected chi connectivity index (χ4v) is 3.96. The highest BCUT2D eigenvalue weighted by Crippen LogP contribution is 2.30. The van der Waals surface area contributed by atoms with Crippen molar-refractivity contribution < 1.29 is 9.53 Å². The van der Waals surface area contributed by atoms with Gasteiger partial charge in [0.15, 0.2) is 0 Å². The van der Waals surface area contributed by atoms with E-state index in [1.165, 1.54) is 5.56 Å². The number of likely N-dealkylation sites (N-methyl/N-ethyl adjacent to an activating group) is 1. The molecule has 4 aromatic rings. The van der Waals surface area contributed by atoms with E-state index in [2.05, 4.69) is 30.1 Å². The molecular formula is C28H28N4O2. The van der Waals surface area contributed by atoms with Crippen LogP contribution in [0.4, 0.5) is 0 Å². The largest absolute Gasteiger partial charge is 0.456 e. The molecule has 172 valence electrons. The molecule has 0 spiro atoms. The number of fused-ring (bicyclic) bond motifs is 1. The topological polar surface area (TPSA) is 71.2 Å². The van der Waals surface area contributed by atoms with Gasteiger partial charge in [0.25, 0.3) is 0 Å². The molecule has 0 unspecified atom stereocenters. The zero-order valence-electron chi connectivity index (χ0n) is 19.9. The summed E-state index contributed by atoms with van der Waals surface area (Å²) in [5.74, 6) is 1.35. The number of nitriles is 1. The smallest absolute Gasteiger partial charge is 0.146 e. The van der Waals surface area contributed by atoms with Crippen LogP contribution >= 0.6 is 0 Å². The van der Waals surface area contributed by atoms with Crippen LogP contribution < -0.4 is 4.74 Å². The molecule has 1 aromatic heterocycles. The number of hydrogen-bond acceptors (Lipinski definition) is 5. The van der Waals surface area contributed by atoms with E-state index in [1.807, 2.05) is 66.0 Å². The van der Waals surface area contributed by atoms with Crippen LogP contribution in [0.1, 0.15) is 36.2 Å². The first kappa shape index (κ1) is 23.2. The average Bonchev–Trinajstić information content (AvgIpc) is 3.25. The van der Waals surface area contributed by atoms with Gasteiger partial charge in [-0.05, 0) is 74.0 Å². The van der Waals surface area contributed by atoms with Crippen LogP contribution in [0.3, 0.4) is 0 Å². The minimum atomic E-state index is -0.163. The van der Waals surface area contributed by atoms with E-state index in [0.29, 0.717) is 30.2 Å². The van der Waals surface area contributed by atoms with Crippen LogP contribution in [0.5, 0.6) is 11.5 Å². The van der Waals surface area contributed by atoms with Crippen molar-refractivity contribution in [1.82, 2.24) is 14.5 Å². The normalized spacial score (nSPS) is 12.0. The van der Waals surface area contributed by atoms with Crippen LogP contribution in [-0.4, -0.2) is 33.3 Å². The van der Waals surface area contributed by atoms with Crippen molar-refractivity contribution in [2.45, 2.75) is 39.9 Å². The number of imidazole rings is 1. The number of ether oxygens (including phenoxy) is 1. The number of carbonyl (C=O) groups excluding carboxylic acids is 1. The summed E-state index contributed by atoms with van der Waals surface area (Å²) in [4.78, 5) is 18.0. The van der Waals surface area contributed by atoms with Crippen molar-refractivity contribution >= 4 is 16.6 Å². The third kappa shape index (κ3) is 5.00. The molecule has 0 saturated heterocycles. The van der Waals surface area contributed by atoms with Gasteiger partial charge in [0, 0.05) is 19.3 Å². The molecule has 0 fully saturated rings. The summed E-state index contributed by atoms with van der Waals surface area (Å²) in [7, 11) is 1.93. The Hall–Kier alpha value is -3.95. The first-order valence-corrected chi connectivity index (χ1v) is 11.3. The maximum atomic E-state index is 11.7. The molecule has 0 aliphatic heterocycles. The summed E-state index contributed by atoms with van der Waals surface area (Å²) in [6.45, 7) is 6.77. The number of Topliss-reactive ketones (excluding diaryl/α,β-unsaturated/α-hetero) is 1. The number of benzene rings is 3. The van der Waals surface area contributed by atoms with Crippen molar-refractivity contribution in [2.75, 3.05) is 7.05 Å². The first-order valence-electron chi connectivity index (χ1n) is 11.3. The summed E-state index contributed by atoms with van der Waals surface area (Å²) in [6, 6.07) is 19.9. The standard InChI is InChI=1S/C28H28N4O2/c1-19-6-5-7-23-10-11-26(13-27(19)23)34-28-12-22(8-9-24(28)14-29)16-32-18-30-15-25(32)17-31(4)20(2)21(3)33/h5-13,15,18,20H,16-17H2,1-4H3/t20-/m0/s1. The molecule has 1 atom stereocenters. The van der Waals surface area contributed by atoms with E-state index >= 15 is 0 Å². The highest BCUT2D eigenvalue weighted by atomic mass is 16.5. The zero-order chi connectivity index (χ0) is 24.2. The van der Waals surface area contributed by atoms with Gasteiger partial charge < -0.3 is 9.30 Å². The SMILES string of the molecule is CC(=O)[C@H](C)N(C)Cc1cncn1Cc1ccc(C#N)c(Oc2ccc3cccc(C)c3c2)c1. The summed E-state index contributed by atoms with van der Waals surface area (Å²) >= 11 is 0. The van der Waals surface area contributed by atoms with Crippen molar-refractivity contribution in [2.24, 2.45) is 0 Å². The Morgan fingerprint density at radius 1 is 1.21 bits per heavy atom. The molecule has 6 nitrogen and oxygen atoms in total. The quantitative estimate of drug-likeness (QED) is 0.355. The molecule has 0 amide bonds. The van der Waals surface area contributed by atoms with Crippen LogP contribution in [0.15, 0.2) is 67.1 Å². The molecule has 0 aliphatic rings. The lowest BCUT2D eigenvalue weighted by atomic mass is 10.1. The number of aromatic nitrogens is 2. The second kappa shape index (κ2) is 9.90. The Bertz CT molecular complexity index is 1380. The van der Waals surface area contributed by atoms with Crippen molar-refractivity contribution in [3.05, 3.63) is 89.5 Å². The second-order valence-electron chi connectivity index (χ2n) is 8.72. The summed E-state index contributed by atoms with van der Waals surface area (Å²) in [5.41, 5.74) is 3.66. The van der Waals surface area contributed by atoms with E-state index in [-0.39, 0.29) is 11.8 Å². The van der Waals surface area contributed by atoms with Gasteiger partial charge in [0.1, 0.15) is 23.4 Å². The lowest BCUT2D eigenvalue weighted by Gasteiger charge is -2.22. The molecule has 34 heavy (non-hydrogen) atoms. The van der Waals surface area contributed by atoms with E-state index in [0.717, 1.165) is 22.0 Å². The Morgan fingerprint density at radius 3 is 2.79 bits per heavy atom. The number of aryl methyl sites for hydroxylation is 1. The molecule has 6 heteroatoms. The lowest BCUT2D eigenvalue weighted by molar-refractivity contribution is -0.121. The molecule has 0 N–H and O–H groups in total. The minimum Gasteiger partial charge on any atom is -0.456 e. The third-order valence-electron chi connectivity index (χ3n) is 6.28. The predicted molar refractivity (Wildman–Crippen MR) is 133 cm³/mol. The third-order valence-corrected chi connectivity index (χ3v) is 6.28. The van der Waals surface area contributed by atoms with E-state index in [4.69, 9.17) is 4.74 Å². The number of carbonyl (C=O) groups is 1. The molecule has 0 bridgehead atoms. The second-order valence-corrected chi connectivity index (χ2v) is 8.72. The van der Waals surface area contributed by atoms with E-state index in [1.54, 1.807) is 19.3 Å². The number of nitrogens with zero attached hydrogens (tertiary/aromatic N) is 4. The van der Waals surface area contributed by atoms with Gasteiger partial charge in [-0.3, -0.25) is 9.69 Å². The van der Waals surface area contributed by atoms with Gasteiger partial charge in [-0.2, -0.15) is 5.26 Å². The molecule has 0 saturated carbocycles. The van der Waals surface area contributed by atoms with Crippen LogP contribution in [0.2, 0.25) is 0 Å². The minimum absolute atomic E-state index is 0.131. The first-order chi connectivity index (χ1) is 16.4. The van der Waals surface area contributed by atoms with Crippen LogP contribution in [0, 0.1) is 18.3 Å². The molecular weight excluding hydrogens is 424 g/mol.